The highest BCUT2D eigenvalue weighted by Crippen LogP contribution is 2.25. The predicted molar refractivity (Wildman–Crippen MR) is 95.6 cm³/mol. The number of amides is 2. The summed E-state index contributed by atoms with van der Waals surface area (Å²) in [4.78, 5) is 30.6. The number of carbonyl (C=O) groups is 2. The number of hydrogen-bond donors (Lipinski definition) is 1. The van der Waals surface area contributed by atoms with E-state index in [4.69, 9.17) is 0 Å². The second-order valence-electron chi connectivity index (χ2n) is 7.07. The van der Waals surface area contributed by atoms with Crippen LogP contribution in [-0.4, -0.2) is 47.4 Å². The molecule has 6 nitrogen and oxygen atoms in total. The van der Waals surface area contributed by atoms with Gasteiger partial charge in [0.25, 0.3) is 5.91 Å². The minimum atomic E-state index is -3.16. The summed E-state index contributed by atoms with van der Waals surface area (Å²) in [6.45, 7) is 2.07. The fourth-order valence-corrected chi connectivity index (χ4v) is 3.18. The Morgan fingerprint density at radius 2 is 2.11 bits per heavy atom. The molecule has 3 rings (SSSR count). The topological polar surface area (TPSA) is 71.5 Å². The van der Waals surface area contributed by atoms with Crippen LogP contribution in [0.4, 0.5) is 13.2 Å². The SMILES string of the molecule is CC(C)CN1CCC(NC(=O)c2cnc3cc(OC(F)F)c(F)cc3c2)C1=O. The standard InChI is InChI=1S/C19H20F3N3O3/c1-10(2)9-25-4-3-14(18(25)27)24-17(26)12-5-11-6-13(20)16(28-19(21)22)7-15(11)23-8-12/h5-8,10,14,19H,3-4,9H2,1-2H3,(H,24,26). The van der Waals surface area contributed by atoms with Gasteiger partial charge in [-0.3, -0.25) is 14.6 Å². The molecule has 1 aromatic heterocycles. The Labute approximate surface area is 159 Å². The lowest BCUT2D eigenvalue weighted by Gasteiger charge is -2.19. The van der Waals surface area contributed by atoms with Crippen LogP contribution in [0.1, 0.15) is 30.6 Å². The molecule has 0 saturated carbocycles. The van der Waals surface area contributed by atoms with Crippen molar-refractivity contribution in [1.29, 1.82) is 0 Å². The molecular formula is C19H20F3N3O3. The highest BCUT2D eigenvalue weighted by atomic mass is 19.3. The van der Waals surface area contributed by atoms with E-state index in [2.05, 4.69) is 15.0 Å². The first kappa shape index (κ1) is 19.9. The highest BCUT2D eigenvalue weighted by Gasteiger charge is 2.33. The maximum absolute atomic E-state index is 13.9. The first-order valence-corrected chi connectivity index (χ1v) is 8.88. The predicted octanol–water partition coefficient (Wildman–Crippen LogP) is 2.96. The van der Waals surface area contributed by atoms with E-state index in [0.29, 0.717) is 25.4 Å². The van der Waals surface area contributed by atoms with E-state index in [1.807, 2.05) is 13.8 Å². The van der Waals surface area contributed by atoms with Crippen LogP contribution < -0.4 is 10.1 Å². The lowest BCUT2D eigenvalue weighted by molar-refractivity contribution is -0.129. The van der Waals surface area contributed by atoms with E-state index < -0.39 is 30.1 Å². The minimum absolute atomic E-state index is 0.129. The quantitative estimate of drug-likeness (QED) is 0.816. The van der Waals surface area contributed by atoms with Gasteiger partial charge in [0.15, 0.2) is 11.6 Å². The summed E-state index contributed by atoms with van der Waals surface area (Å²) in [5.41, 5.74) is 0.346. The van der Waals surface area contributed by atoms with Crippen LogP contribution in [-0.2, 0) is 4.79 Å². The van der Waals surface area contributed by atoms with Gasteiger partial charge < -0.3 is 15.0 Å². The van der Waals surface area contributed by atoms with Crippen molar-refractivity contribution >= 4 is 22.7 Å². The molecule has 1 aliphatic heterocycles. The van der Waals surface area contributed by atoms with Gasteiger partial charge in [-0.05, 0) is 24.5 Å². The molecule has 1 N–H and O–H groups in total. The van der Waals surface area contributed by atoms with Crippen LogP contribution in [0.5, 0.6) is 5.75 Å². The number of pyridine rings is 1. The van der Waals surface area contributed by atoms with Gasteiger partial charge in [0.05, 0.1) is 11.1 Å². The highest BCUT2D eigenvalue weighted by molar-refractivity contribution is 6.00. The average Bonchev–Trinajstić information content (AvgIpc) is 2.94. The molecule has 0 aliphatic carbocycles. The summed E-state index contributed by atoms with van der Waals surface area (Å²) in [6, 6.07) is 2.80. The Morgan fingerprint density at radius 3 is 2.79 bits per heavy atom. The van der Waals surface area contributed by atoms with Crippen LogP contribution in [0.15, 0.2) is 24.4 Å². The molecule has 0 bridgehead atoms. The third-order valence-corrected chi connectivity index (χ3v) is 4.40. The molecule has 28 heavy (non-hydrogen) atoms. The van der Waals surface area contributed by atoms with Gasteiger partial charge >= 0.3 is 6.61 Å². The van der Waals surface area contributed by atoms with Gasteiger partial charge in [0.2, 0.25) is 5.91 Å². The van der Waals surface area contributed by atoms with Gasteiger partial charge in [-0.15, -0.1) is 0 Å². The molecule has 2 heterocycles. The zero-order chi connectivity index (χ0) is 20.4. The van der Waals surface area contributed by atoms with Gasteiger partial charge in [0.1, 0.15) is 6.04 Å². The summed E-state index contributed by atoms with van der Waals surface area (Å²) in [5, 5.41) is 2.93. The van der Waals surface area contributed by atoms with Crippen LogP contribution in [0.2, 0.25) is 0 Å². The molecular weight excluding hydrogens is 375 g/mol. The Kier molecular flexibility index (Phi) is 5.71. The van der Waals surface area contributed by atoms with Gasteiger partial charge in [0, 0.05) is 30.7 Å². The van der Waals surface area contributed by atoms with Crippen molar-refractivity contribution in [2.24, 2.45) is 5.92 Å². The molecule has 1 aromatic carbocycles. The summed E-state index contributed by atoms with van der Waals surface area (Å²) in [5.74, 6) is -1.91. The van der Waals surface area contributed by atoms with Crippen molar-refractivity contribution in [3.8, 4) is 5.75 Å². The second kappa shape index (κ2) is 8.04. The van der Waals surface area contributed by atoms with E-state index in [-0.39, 0.29) is 22.4 Å². The number of aromatic nitrogens is 1. The number of halogens is 3. The number of likely N-dealkylation sites (tertiary alicyclic amines) is 1. The number of rotatable bonds is 6. The maximum atomic E-state index is 13.9. The molecule has 2 amide bonds. The first-order valence-electron chi connectivity index (χ1n) is 8.88. The Hall–Kier alpha value is -2.84. The van der Waals surface area contributed by atoms with Crippen molar-refractivity contribution in [3.63, 3.8) is 0 Å². The number of ether oxygens (including phenoxy) is 1. The second-order valence-corrected chi connectivity index (χ2v) is 7.07. The summed E-state index contributed by atoms with van der Waals surface area (Å²) >= 11 is 0. The molecule has 1 aliphatic rings. The monoisotopic (exact) mass is 395 g/mol. The number of nitrogens with zero attached hydrogens (tertiary/aromatic N) is 2. The van der Waals surface area contributed by atoms with Crippen molar-refractivity contribution < 1.29 is 27.5 Å². The molecule has 1 atom stereocenters. The van der Waals surface area contributed by atoms with Crippen molar-refractivity contribution in [1.82, 2.24) is 15.2 Å². The third kappa shape index (κ3) is 4.35. The minimum Gasteiger partial charge on any atom is -0.432 e. The van der Waals surface area contributed by atoms with E-state index >= 15 is 0 Å². The lowest BCUT2D eigenvalue weighted by atomic mass is 10.1. The van der Waals surface area contributed by atoms with Crippen molar-refractivity contribution in [2.45, 2.75) is 32.9 Å². The first-order chi connectivity index (χ1) is 13.2. The van der Waals surface area contributed by atoms with Crippen molar-refractivity contribution in [3.05, 3.63) is 35.8 Å². The van der Waals surface area contributed by atoms with Gasteiger partial charge in [-0.2, -0.15) is 8.78 Å². The summed E-state index contributed by atoms with van der Waals surface area (Å²) in [7, 11) is 0. The number of benzene rings is 1. The Bertz CT molecular complexity index is 905. The van der Waals surface area contributed by atoms with E-state index in [9.17, 15) is 22.8 Å². The van der Waals surface area contributed by atoms with Crippen LogP contribution >= 0.6 is 0 Å². The lowest BCUT2D eigenvalue weighted by Crippen LogP contribution is -2.42. The summed E-state index contributed by atoms with van der Waals surface area (Å²) < 4.78 is 42.6. The molecule has 1 unspecified atom stereocenters. The van der Waals surface area contributed by atoms with E-state index in [0.717, 1.165) is 12.1 Å². The molecule has 2 aromatic rings. The zero-order valence-corrected chi connectivity index (χ0v) is 15.4. The molecule has 1 fully saturated rings. The number of alkyl halides is 2. The van der Waals surface area contributed by atoms with E-state index in [1.165, 1.54) is 12.3 Å². The number of fused-ring (bicyclic) bond motifs is 1. The van der Waals surface area contributed by atoms with Crippen LogP contribution in [0, 0.1) is 11.7 Å². The Morgan fingerprint density at radius 1 is 1.36 bits per heavy atom. The average molecular weight is 395 g/mol. The number of nitrogens with one attached hydrogen (secondary N) is 1. The zero-order valence-electron chi connectivity index (χ0n) is 15.4. The van der Waals surface area contributed by atoms with Crippen LogP contribution in [0.25, 0.3) is 10.9 Å². The summed E-state index contributed by atoms with van der Waals surface area (Å²) in [6.07, 6.45) is 1.76. The maximum Gasteiger partial charge on any atom is 0.387 e. The molecule has 1 saturated heterocycles. The normalized spacial score (nSPS) is 17.0. The van der Waals surface area contributed by atoms with Gasteiger partial charge in [-0.1, -0.05) is 13.8 Å². The third-order valence-electron chi connectivity index (χ3n) is 4.40. The fraction of sp³-hybridized carbons (Fsp3) is 0.421. The molecule has 0 spiro atoms. The molecule has 9 heteroatoms. The Balaban J connectivity index is 1.74. The molecule has 150 valence electrons. The number of carbonyl (C=O) groups excluding carboxylic acids is 2. The van der Waals surface area contributed by atoms with Crippen molar-refractivity contribution in [2.75, 3.05) is 13.1 Å². The van der Waals surface area contributed by atoms with Crippen LogP contribution in [0.3, 0.4) is 0 Å². The smallest absolute Gasteiger partial charge is 0.387 e. The molecule has 0 radical (unpaired) electrons. The fourth-order valence-electron chi connectivity index (χ4n) is 3.18. The van der Waals surface area contributed by atoms with Gasteiger partial charge in [-0.25, -0.2) is 4.39 Å². The number of hydrogen-bond acceptors (Lipinski definition) is 4. The largest absolute Gasteiger partial charge is 0.432 e. The van der Waals surface area contributed by atoms with E-state index in [1.54, 1.807) is 4.90 Å².